The van der Waals surface area contributed by atoms with E-state index in [-0.39, 0.29) is 61.8 Å². The molecular formula is C56H61F3N11O7S2-. The molecule has 3 fully saturated rings. The van der Waals surface area contributed by atoms with E-state index >= 15 is 8.78 Å². The van der Waals surface area contributed by atoms with E-state index in [0.29, 0.717) is 45.7 Å². The van der Waals surface area contributed by atoms with Gasteiger partial charge in [0, 0.05) is 99.9 Å². The van der Waals surface area contributed by atoms with E-state index in [0.717, 1.165) is 76.3 Å². The van der Waals surface area contributed by atoms with Gasteiger partial charge in [0.15, 0.2) is 5.82 Å². The SMILES string of the molecule is Cc1ncsc1-c1ccc([C@H](C)NC(=O)[C@@H]2C[C@@H](O)CN2C(=O)[C@H](c2cc(OCCN3CCN(c4ccc(-c5cnc6[nH]cc(C(=O)c7c(F)ccc(N(N8CC[C@@H](F)C8)S(=O)[O-])c7F)c6c5)cc4)CC3)n(C)n2)C(C)C)cc1. The number of aryl methyl sites for hydroxylation is 2. The third-order valence-corrected chi connectivity index (χ3v) is 16.8. The van der Waals surface area contributed by atoms with Crippen LogP contribution in [0.5, 0.6) is 5.88 Å². The van der Waals surface area contributed by atoms with Crippen molar-refractivity contribution in [3.8, 4) is 27.4 Å². The monoisotopic (exact) mass is 1120 g/mol. The van der Waals surface area contributed by atoms with Gasteiger partial charge in [0.1, 0.15) is 36.0 Å². The summed E-state index contributed by atoms with van der Waals surface area (Å²) >= 11 is -1.51. The Kier molecular flexibility index (Phi) is 16.4. The van der Waals surface area contributed by atoms with Crippen molar-refractivity contribution in [3.05, 3.63) is 130 Å². The first kappa shape index (κ1) is 55.3. The van der Waals surface area contributed by atoms with Crippen molar-refractivity contribution in [3.63, 3.8) is 0 Å². The minimum Gasteiger partial charge on any atom is -0.754 e. The molecule has 0 radical (unpaired) electrons. The third-order valence-electron chi connectivity index (χ3n) is 15.1. The zero-order chi connectivity index (χ0) is 55.8. The first-order valence-corrected chi connectivity index (χ1v) is 28.2. The van der Waals surface area contributed by atoms with Crippen LogP contribution in [0, 0.1) is 24.5 Å². The molecule has 79 heavy (non-hydrogen) atoms. The van der Waals surface area contributed by atoms with Crippen LogP contribution in [-0.4, -0.2) is 148 Å². The number of ether oxygens (including phenoxy) is 1. The normalized spacial score (nSPS) is 19.3. The number of H-pyrrole nitrogens is 1. The summed E-state index contributed by atoms with van der Waals surface area (Å²) < 4.78 is 78.2. The summed E-state index contributed by atoms with van der Waals surface area (Å²) in [6.45, 7) is 11.6. The summed E-state index contributed by atoms with van der Waals surface area (Å²) in [6, 6.07) is 19.9. The van der Waals surface area contributed by atoms with Gasteiger partial charge in [-0.05, 0) is 73.2 Å². The highest BCUT2D eigenvalue weighted by Crippen LogP contribution is 2.36. The van der Waals surface area contributed by atoms with Crippen molar-refractivity contribution < 1.29 is 46.2 Å². The molecule has 10 rings (SSSR count). The highest BCUT2D eigenvalue weighted by molar-refractivity contribution is 7.80. The van der Waals surface area contributed by atoms with Gasteiger partial charge in [-0.2, -0.15) is 5.10 Å². The van der Waals surface area contributed by atoms with Crippen molar-refractivity contribution >= 4 is 62.6 Å². The predicted molar refractivity (Wildman–Crippen MR) is 294 cm³/mol. The van der Waals surface area contributed by atoms with E-state index in [2.05, 4.69) is 30.1 Å². The number of nitrogens with one attached hydrogen (secondary N) is 2. The summed E-state index contributed by atoms with van der Waals surface area (Å²) in [5.41, 5.74) is 6.40. The number of carbonyl (C=O) groups is 3. The molecule has 0 spiro atoms. The van der Waals surface area contributed by atoms with Crippen molar-refractivity contribution in [2.24, 2.45) is 13.0 Å². The van der Waals surface area contributed by atoms with Crippen LogP contribution in [0.4, 0.5) is 24.5 Å². The van der Waals surface area contributed by atoms with E-state index in [1.165, 1.54) is 11.1 Å². The van der Waals surface area contributed by atoms with E-state index in [1.54, 1.807) is 41.4 Å². The van der Waals surface area contributed by atoms with Gasteiger partial charge in [-0.1, -0.05) is 50.2 Å². The lowest BCUT2D eigenvalue weighted by Crippen LogP contribution is -2.48. The predicted octanol–water partition coefficient (Wildman–Crippen LogP) is 7.24. The number of β-amino-alcohol motifs (C(OH)–C–C–N with tert-alkyl or cyclic N) is 1. The summed E-state index contributed by atoms with van der Waals surface area (Å²) in [5, 5.41) is 20.0. The number of likely N-dealkylation sites (tertiary alicyclic amines) is 1. The maximum absolute atomic E-state index is 16.1. The summed E-state index contributed by atoms with van der Waals surface area (Å²) in [7, 11) is 1.77. The average Bonchev–Trinajstić information content (AvgIpc) is 4.37. The summed E-state index contributed by atoms with van der Waals surface area (Å²) in [4.78, 5) is 61.0. The molecule has 4 aromatic heterocycles. The number of ketones is 1. The fraction of sp³-hybridized carbons (Fsp3) is 0.393. The number of fused-ring (bicyclic) bond motifs is 1. The molecule has 1 unspecified atom stereocenters. The Morgan fingerprint density at radius 2 is 1.70 bits per heavy atom. The Balaban J connectivity index is 0.726. The molecule has 6 atom stereocenters. The number of piperazine rings is 1. The zero-order valence-electron chi connectivity index (χ0n) is 44.3. The van der Waals surface area contributed by atoms with Crippen molar-refractivity contribution in [1.82, 2.24) is 44.9 Å². The number of thiazole rings is 1. The third kappa shape index (κ3) is 11.6. The lowest BCUT2D eigenvalue weighted by molar-refractivity contribution is -0.140. The molecule has 23 heteroatoms. The summed E-state index contributed by atoms with van der Waals surface area (Å²) in [5.74, 6) is -4.55. The van der Waals surface area contributed by atoms with Crippen molar-refractivity contribution in [2.75, 3.05) is 68.3 Å². The van der Waals surface area contributed by atoms with Gasteiger partial charge < -0.3 is 34.5 Å². The molecule has 3 aliphatic rings. The van der Waals surface area contributed by atoms with Gasteiger partial charge in [-0.15, -0.1) is 11.3 Å². The number of nitrogens with zero attached hydrogens (tertiary/aromatic N) is 9. The number of anilines is 2. The van der Waals surface area contributed by atoms with Crippen LogP contribution in [0.25, 0.3) is 32.6 Å². The maximum atomic E-state index is 16.1. The number of amides is 2. The van der Waals surface area contributed by atoms with Gasteiger partial charge in [-0.25, -0.2) is 37.2 Å². The minimum absolute atomic E-state index is 0.0163. The number of hydrazine groups is 1. The fourth-order valence-corrected chi connectivity index (χ4v) is 12.3. The molecule has 0 bridgehead atoms. The van der Waals surface area contributed by atoms with E-state index in [4.69, 9.17) is 9.84 Å². The molecule has 3 saturated heterocycles. The standard InChI is InChI=1S/C56H62F3N11O7S2/c1-32(2)49(56(74)69-30-41(71)25-47(69)55(73)63-33(3)35-6-8-37(9-7-35)53-34(4)62-31-78-53)45-26-48(65(5)64-45)77-23-22-66-18-20-67(21-19-66)40-12-10-36(11-13-40)38-24-42-43(28-61-54(42)60-27-38)52(72)50-44(58)14-15-46(51(50)59)70(79(75)76)68-17-16-39(57)29-68/h6-15,24,26-28,31-33,39,41,47,49,71H,16-23,25,29-30H2,1-5H3,(H,60,61)(H,63,73)(H,75,76)/p-1/t33-,39+,41+,47-,49-/m0/s1. The van der Waals surface area contributed by atoms with E-state index in [1.807, 2.05) is 81.7 Å². The first-order chi connectivity index (χ1) is 37.9. The van der Waals surface area contributed by atoms with Crippen LogP contribution >= 0.6 is 11.3 Å². The number of carbonyl (C=O) groups excluding carboxylic acids is 3. The second-order valence-corrected chi connectivity index (χ2v) is 22.3. The molecule has 0 saturated carbocycles. The van der Waals surface area contributed by atoms with E-state index < -0.39 is 64.2 Å². The number of halogens is 3. The average molecular weight is 1120 g/mol. The van der Waals surface area contributed by atoms with Gasteiger partial charge >= 0.3 is 0 Å². The molecule has 2 amide bonds. The molecule has 7 aromatic rings. The minimum atomic E-state index is -3.09. The quantitative estimate of drug-likeness (QED) is 0.0573. The number of pyridine rings is 1. The van der Waals surface area contributed by atoms with Gasteiger partial charge in [0.05, 0.1) is 63.2 Å². The Bertz CT molecular complexity index is 3390. The molecular weight excluding hydrogens is 1060 g/mol. The number of alkyl halides is 1. The number of hydrogen-bond acceptors (Lipinski definition) is 14. The number of aromatic amines is 1. The van der Waals surface area contributed by atoms with Crippen LogP contribution in [0.2, 0.25) is 0 Å². The van der Waals surface area contributed by atoms with Crippen LogP contribution in [0.15, 0.2) is 90.7 Å². The number of aliphatic hydroxyl groups is 1. The second-order valence-electron chi connectivity index (χ2n) is 20.7. The van der Waals surface area contributed by atoms with Crippen molar-refractivity contribution in [1.29, 1.82) is 0 Å². The molecule has 3 N–H and O–H groups in total. The molecule has 18 nitrogen and oxygen atoms in total. The van der Waals surface area contributed by atoms with Crippen LogP contribution in [-0.2, 0) is 27.9 Å². The topological polar surface area (TPSA) is 208 Å². The molecule has 416 valence electrons. The van der Waals surface area contributed by atoms with E-state index in [9.17, 15) is 32.6 Å². The highest BCUT2D eigenvalue weighted by atomic mass is 32.2. The van der Waals surface area contributed by atoms with Gasteiger partial charge in [0.2, 0.25) is 23.5 Å². The number of hydrogen-bond donors (Lipinski definition) is 3. The van der Waals surface area contributed by atoms with Crippen LogP contribution in [0.3, 0.4) is 0 Å². The second kappa shape index (κ2) is 23.4. The molecule has 3 aromatic carbocycles. The zero-order valence-corrected chi connectivity index (χ0v) is 45.9. The Morgan fingerprint density at radius 3 is 2.37 bits per heavy atom. The largest absolute Gasteiger partial charge is 0.754 e. The Hall–Kier alpha value is -7.02. The number of rotatable bonds is 18. The Labute approximate surface area is 461 Å². The first-order valence-electron chi connectivity index (χ1n) is 26.3. The molecule has 7 heterocycles. The van der Waals surface area contributed by atoms with Crippen LogP contribution < -0.4 is 19.4 Å². The molecule has 0 aliphatic carbocycles. The van der Waals surface area contributed by atoms with Gasteiger partial charge in [-0.3, -0.25) is 23.5 Å². The smallest absolute Gasteiger partial charge is 0.243 e. The lowest BCUT2D eigenvalue weighted by Gasteiger charge is -2.36. The maximum Gasteiger partial charge on any atom is 0.243 e. The number of benzene rings is 3. The fourth-order valence-electron chi connectivity index (χ4n) is 10.8. The Morgan fingerprint density at radius 1 is 0.962 bits per heavy atom. The van der Waals surface area contributed by atoms with Crippen molar-refractivity contribution in [2.45, 2.75) is 70.8 Å². The highest BCUT2D eigenvalue weighted by Gasteiger charge is 2.43. The lowest BCUT2D eigenvalue weighted by atomic mass is 9.90. The van der Waals surface area contributed by atoms with Crippen LogP contribution in [0.1, 0.15) is 78.4 Å². The van der Waals surface area contributed by atoms with Gasteiger partial charge in [0.25, 0.3) is 0 Å². The number of aromatic nitrogens is 5. The molecule has 3 aliphatic heterocycles. The summed E-state index contributed by atoms with van der Waals surface area (Å²) in [6.07, 6.45) is 0.918. The number of aliphatic hydroxyl groups excluding tert-OH is 1.